The lowest BCUT2D eigenvalue weighted by Gasteiger charge is -2.20. The summed E-state index contributed by atoms with van der Waals surface area (Å²) >= 11 is 0. The van der Waals surface area contributed by atoms with E-state index in [1.165, 1.54) is 0 Å². The van der Waals surface area contributed by atoms with Gasteiger partial charge in [-0.25, -0.2) is 9.97 Å². The molecule has 136 valence electrons. The van der Waals surface area contributed by atoms with Crippen LogP contribution in [0.1, 0.15) is 31.6 Å². The molecule has 1 atom stereocenters. The molecule has 0 amide bonds. The molecule has 1 unspecified atom stereocenters. The molecule has 4 heterocycles. The SMILES string of the molecule is CC1CCCc2nc(S(=O)(=O)n3c(N)nc4cc5c(cc43)OCO5)cn21. The van der Waals surface area contributed by atoms with Crippen molar-refractivity contribution in [1.82, 2.24) is 18.5 Å². The number of nitrogens with zero attached hydrogens (tertiary/aromatic N) is 4. The summed E-state index contributed by atoms with van der Waals surface area (Å²) in [5, 5.41) is -0.0232. The second kappa shape index (κ2) is 5.13. The zero-order chi connectivity index (χ0) is 18.1. The fourth-order valence-electron chi connectivity index (χ4n) is 3.60. The first-order valence-electron chi connectivity index (χ1n) is 8.36. The molecular weight excluding hydrogens is 358 g/mol. The minimum atomic E-state index is -3.99. The van der Waals surface area contributed by atoms with Gasteiger partial charge < -0.3 is 19.8 Å². The lowest BCUT2D eigenvalue weighted by Crippen LogP contribution is -2.16. The number of aromatic nitrogens is 4. The summed E-state index contributed by atoms with van der Waals surface area (Å²) in [4.78, 5) is 8.53. The summed E-state index contributed by atoms with van der Waals surface area (Å²) in [5.41, 5.74) is 6.70. The van der Waals surface area contributed by atoms with E-state index in [2.05, 4.69) is 16.9 Å². The van der Waals surface area contributed by atoms with Crippen LogP contribution in [0.2, 0.25) is 0 Å². The van der Waals surface area contributed by atoms with Gasteiger partial charge in [0.15, 0.2) is 16.5 Å². The number of nitrogens with two attached hydrogens (primary N) is 1. The minimum Gasteiger partial charge on any atom is -0.454 e. The highest BCUT2D eigenvalue weighted by molar-refractivity contribution is 7.90. The van der Waals surface area contributed by atoms with Crippen molar-refractivity contribution in [3.63, 3.8) is 0 Å². The Hall–Kier alpha value is -2.75. The number of rotatable bonds is 2. The van der Waals surface area contributed by atoms with Crippen molar-refractivity contribution >= 4 is 27.0 Å². The molecule has 9 nitrogen and oxygen atoms in total. The van der Waals surface area contributed by atoms with Gasteiger partial charge in [0.05, 0.1) is 11.0 Å². The summed E-state index contributed by atoms with van der Waals surface area (Å²) < 4.78 is 40.1. The Kier molecular flexibility index (Phi) is 3.06. The molecule has 2 N–H and O–H groups in total. The maximum absolute atomic E-state index is 13.2. The molecule has 5 rings (SSSR count). The first-order chi connectivity index (χ1) is 12.4. The summed E-state index contributed by atoms with van der Waals surface area (Å²) in [6.45, 7) is 2.15. The van der Waals surface area contributed by atoms with Crippen molar-refractivity contribution in [3.8, 4) is 11.5 Å². The molecule has 0 radical (unpaired) electrons. The maximum Gasteiger partial charge on any atom is 0.290 e. The van der Waals surface area contributed by atoms with Gasteiger partial charge in [-0.2, -0.15) is 12.4 Å². The molecule has 0 fully saturated rings. The molecule has 0 saturated carbocycles. The molecule has 0 spiro atoms. The van der Waals surface area contributed by atoms with Crippen LogP contribution in [0.3, 0.4) is 0 Å². The molecule has 0 bridgehead atoms. The van der Waals surface area contributed by atoms with Crippen molar-refractivity contribution in [3.05, 3.63) is 24.2 Å². The molecule has 26 heavy (non-hydrogen) atoms. The first-order valence-corrected chi connectivity index (χ1v) is 9.80. The average molecular weight is 375 g/mol. The van der Waals surface area contributed by atoms with Crippen LogP contribution in [0.4, 0.5) is 5.95 Å². The molecule has 0 aliphatic carbocycles. The fraction of sp³-hybridized carbons (Fsp3) is 0.375. The normalized spacial score (nSPS) is 19.0. The van der Waals surface area contributed by atoms with E-state index < -0.39 is 10.0 Å². The van der Waals surface area contributed by atoms with Gasteiger partial charge in [0.1, 0.15) is 5.82 Å². The fourth-order valence-corrected chi connectivity index (χ4v) is 4.95. The van der Waals surface area contributed by atoms with Crippen molar-refractivity contribution < 1.29 is 17.9 Å². The van der Waals surface area contributed by atoms with Crippen molar-refractivity contribution in [2.45, 2.75) is 37.3 Å². The molecular formula is C16H17N5O4S. The number of hydrogen-bond acceptors (Lipinski definition) is 7. The Balaban J connectivity index is 1.70. The van der Waals surface area contributed by atoms with E-state index in [9.17, 15) is 8.42 Å². The molecule has 1 aromatic carbocycles. The van der Waals surface area contributed by atoms with Crippen molar-refractivity contribution in [2.24, 2.45) is 0 Å². The Morgan fingerprint density at radius 2 is 2.00 bits per heavy atom. The van der Waals surface area contributed by atoms with Gasteiger partial charge in [-0.3, -0.25) is 0 Å². The molecule has 10 heteroatoms. The summed E-state index contributed by atoms with van der Waals surface area (Å²) in [7, 11) is -3.99. The standard InChI is InChI=1S/C16H17N5O4S/c1-9-3-2-4-14-19-15(7-20(9)14)26(22,23)21-11-6-13-12(24-8-25-13)5-10(11)18-16(21)17/h5-7,9H,2-4,8H2,1H3,(H2,17,18). The Morgan fingerprint density at radius 3 is 2.77 bits per heavy atom. The Labute approximate surface area is 149 Å². The smallest absolute Gasteiger partial charge is 0.290 e. The van der Waals surface area contributed by atoms with Crippen molar-refractivity contribution in [2.75, 3.05) is 12.5 Å². The van der Waals surface area contributed by atoms with E-state index in [0.717, 1.165) is 29.1 Å². The van der Waals surface area contributed by atoms with Gasteiger partial charge in [0.2, 0.25) is 12.7 Å². The highest BCUT2D eigenvalue weighted by Crippen LogP contribution is 2.37. The zero-order valence-electron chi connectivity index (χ0n) is 14.0. The second-order valence-corrected chi connectivity index (χ2v) is 8.31. The van der Waals surface area contributed by atoms with Gasteiger partial charge in [-0.15, -0.1) is 0 Å². The van der Waals surface area contributed by atoms with Crippen LogP contribution >= 0.6 is 0 Å². The minimum absolute atomic E-state index is 0.0232. The lowest BCUT2D eigenvalue weighted by molar-refractivity contribution is 0.174. The Morgan fingerprint density at radius 1 is 1.23 bits per heavy atom. The predicted octanol–water partition coefficient (Wildman–Crippen LogP) is 1.68. The van der Waals surface area contributed by atoms with Gasteiger partial charge in [0, 0.05) is 30.8 Å². The van der Waals surface area contributed by atoms with E-state index in [0.29, 0.717) is 22.5 Å². The third kappa shape index (κ3) is 2.05. The molecule has 0 saturated heterocycles. The van der Waals surface area contributed by atoms with Gasteiger partial charge in [0.25, 0.3) is 10.0 Å². The zero-order valence-corrected chi connectivity index (χ0v) is 14.9. The van der Waals surface area contributed by atoms with Crippen LogP contribution in [0.15, 0.2) is 23.4 Å². The maximum atomic E-state index is 13.2. The highest BCUT2D eigenvalue weighted by Gasteiger charge is 2.30. The predicted molar refractivity (Wildman–Crippen MR) is 92.7 cm³/mol. The summed E-state index contributed by atoms with van der Waals surface area (Å²) in [6, 6.07) is 3.43. The van der Waals surface area contributed by atoms with Gasteiger partial charge >= 0.3 is 0 Å². The van der Waals surface area contributed by atoms with Gasteiger partial charge in [-0.05, 0) is 19.8 Å². The number of ether oxygens (including phenoxy) is 2. The number of aryl methyl sites for hydroxylation is 1. The molecule has 2 aliphatic rings. The van der Waals surface area contributed by atoms with Crippen LogP contribution in [-0.2, 0) is 16.4 Å². The van der Waals surface area contributed by atoms with E-state index in [4.69, 9.17) is 15.2 Å². The van der Waals surface area contributed by atoms with Crippen LogP contribution in [0, 0.1) is 0 Å². The quantitative estimate of drug-likeness (QED) is 0.724. The molecule has 2 aromatic heterocycles. The third-order valence-corrected chi connectivity index (χ3v) is 6.51. The van der Waals surface area contributed by atoms with E-state index in [1.807, 2.05) is 4.57 Å². The number of anilines is 1. The van der Waals surface area contributed by atoms with Crippen molar-refractivity contribution in [1.29, 1.82) is 0 Å². The van der Waals surface area contributed by atoms with Gasteiger partial charge in [-0.1, -0.05) is 0 Å². The van der Waals surface area contributed by atoms with Crippen LogP contribution in [0.25, 0.3) is 11.0 Å². The summed E-state index contributed by atoms with van der Waals surface area (Å²) in [5.74, 6) is 1.64. The van der Waals surface area contributed by atoms with Crippen LogP contribution in [0.5, 0.6) is 11.5 Å². The number of hydrogen-bond donors (Lipinski definition) is 1. The third-order valence-electron chi connectivity index (χ3n) is 4.92. The average Bonchev–Trinajstić information content (AvgIpc) is 3.28. The van der Waals surface area contributed by atoms with E-state index >= 15 is 0 Å². The number of imidazole rings is 2. The molecule has 2 aliphatic heterocycles. The lowest BCUT2D eigenvalue weighted by atomic mass is 10.1. The molecule has 3 aromatic rings. The van der Waals surface area contributed by atoms with E-state index in [1.54, 1.807) is 18.3 Å². The number of nitrogen functional groups attached to an aromatic ring is 1. The highest BCUT2D eigenvalue weighted by atomic mass is 32.2. The first kappa shape index (κ1) is 15.5. The number of benzene rings is 1. The van der Waals surface area contributed by atoms with Crippen LogP contribution in [-0.4, -0.2) is 33.7 Å². The van der Waals surface area contributed by atoms with Crippen LogP contribution < -0.4 is 15.2 Å². The largest absolute Gasteiger partial charge is 0.454 e. The number of fused-ring (bicyclic) bond motifs is 3. The summed E-state index contributed by atoms with van der Waals surface area (Å²) in [6.07, 6.45) is 4.35. The second-order valence-electron chi connectivity index (χ2n) is 6.58. The van der Waals surface area contributed by atoms with E-state index in [-0.39, 0.29) is 23.8 Å². The topological polar surface area (TPSA) is 114 Å². The monoisotopic (exact) mass is 375 g/mol. The Bertz CT molecular complexity index is 1150.